The van der Waals surface area contributed by atoms with Crippen molar-refractivity contribution in [2.24, 2.45) is 4.36 Å². The van der Waals surface area contributed by atoms with Crippen molar-refractivity contribution in [3.05, 3.63) is 64.0 Å². The van der Waals surface area contributed by atoms with E-state index in [1.54, 1.807) is 55.6 Å². The zero-order valence-electron chi connectivity index (χ0n) is 13.6. The van der Waals surface area contributed by atoms with E-state index in [0.717, 1.165) is 5.56 Å². The van der Waals surface area contributed by atoms with E-state index in [1.807, 2.05) is 0 Å². The Morgan fingerprint density at radius 2 is 1.76 bits per heavy atom. The van der Waals surface area contributed by atoms with Gasteiger partial charge in [-0.3, -0.25) is 0 Å². The molecule has 1 aromatic heterocycles. The van der Waals surface area contributed by atoms with E-state index in [1.165, 1.54) is 0 Å². The van der Waals surface area contributed by atoms with E-state index in [9.17, 15) is 4.21 Å². The van der Waals surface area contributed by atoms with Crippen LogP contribution in [0.25, 0.3) is 11.4 Å². The molecule has 0 aliphatic carbocycles. The molecule has 130 valence electrons. The summed E-state index contributed by atoms with van der Waals surface area (Å²) in [5, 5.41) is 4.84. The maximum absolute atomic E-state index is 12.9. The molecular formula is C17H15Cl2N3O2S. The molecule has 1 unspecified atom stereocenters. The fraction of sp³-hybridized carbons (Fsp3) is 0.176. The van der Waals surface area contributed by atoms with Gasteiger partial charge in [-0.2, -0.15) is 9.35 Å². The molecule has 0 N–H and O–H groups in total. The van der Waals surface area contributed by atoms with Gasteiger partial charge in [0.05, 0.1) is 21.2 Å². The summed E-state index contributed by atoms with van der Waals surface area (Å²) in [5.41, 5.74) is 2.04. The zero-order valence-corrected chi connectivity index (χ0v) is 15.9. The van der Waals surface area contributed by atoms with Crippen molar-refractivity contribution in [2.45, 2.75) is 12.7 Å². The average molecular weight is 396 g/mol. The van der Waals surface area contributed by atoms with Gasteiger partial charge in [-0.25, -0.2) is 4.21 Å². The zero-order chi connectivity index (χ0) is 18.0. The smallest absolute Gasteiger partial charge is 0.223 e. The van der Waals surface area contributed by atoms with E-state index in [-0.39, 0.29) is 5.75 Å². The minimum absolute atomic E-state index is 0.178. The summed E-state index contributed by atoms with van der Waals surface area (Å²) in [6, 6.07) is 12.3. The lowest BCUT2D eigenvalue weighted by Gasteiger charge is -2.09. The van der Waals surface area contributed by atoms with Crippen LogP contribution in [-0.2, 0) is 15.5 Å². The summed E-state index contributed by atoms with van der Waals surface area (Å²) in [4.78, 5) is 4.17. The van der Waals surface area contributed by atoms with Crippen LogP contribution in [0, 0.1) is 6.92 Å². The second kappa shape index (κ2) is 7.15. The Bertz CT molecular complexity index is 1000. The minimum atomic E-state index is -2.55. The predicted octanol–water partition coefficient (Wildman–Crippen LogP) is 5.28. The highest BCUT2D eigenvalue weighted by molar-refractivity contribution is 7.92. The normalized spacial score (nSPS) is 13.4. The molecule has 1 atom stereocenters. The number of benzene rings is 2. The van der Waals surface area contributed by atoms with Crippen LogP contribution in [-0.4, -0.2) is 20.6 Å². The van der Waals surface area contributed by atoms with Gasteiger partial charge in [0.1, 0.15) is 0 Å². The molecule has 0 saturated heterocycles. The van der Waals surface area contributed by atoms with Gasteiger partial charge in [0.2, 0.25) is 11.7 Å². The van der Waals surface area contributed by atoms with Crippen molar-refractivity contribution in [1.82, 2.24) is 10.1 Å². The molecule has 1 heterocycles. The molecule has 2 aromatic carbocycles. The Morgan fingerprint density at radius 1 is 1.12 bits per heavy atom. The monoisotopic (exact) mass is 395 g/mol. The lowest BCUT2D eigenvalue weighted by Crippen LogP contribution is -2.02. The largest absolute Gasteiger partial charge is 0.339 e. The van der Waals surface area contributed by atoms with Crippen LogP contribution in [0.5, 0.6) is 0 Å². The number of halogens is 2. The number of aromatic nitrogens is 2. The molecule has 25 heavy (non-hydrogen) atoms. The molecule has 0 bridgehead atoms. The van der Waals surface area contributed by atoms with Gasteiger partial charge in [-0.1, -0.05) is 34.4 Å². The first-order valence-corrected chi connectivity index (χ1v) is 10.2. The van der Waals surface area contributed by atoms with Gasteiger partial charge in [0.15, 0.2) is 0 Å². The molecular weight excluding hydrogens is 381 g/mol. The van der Waals surface area contributed by atoms with Gasteiger partial charge in [-0.05, 0) is 36.4 Å². The molecule has 8 heteroatoms. The molecule has 0 aliphatic heterocycles. The summed E-state index contributed by atoms with van der Waals surface area (Å²) in [6.07, 6.45) is 1.59. The molecule has 3 aromatic rings. The molecule has 0 spiro atoms. The van der Waals surface area contributed by atoms with Crippen LogP contribution in [0.3, 0.4) is 0 Å². The van der Waals surface area contributed by atoms with Crippen molar-refractivity contribution < 1.29 is 8.73 Å². The fourth-order valence-electron chi connectivity index (χ4n) is 2.28. The lowest BCUT2D eigenvalue weighted by molar-refractivity contribution is 0.394. The maximum Gasteiger partial charge on any atom is 0.223 e. The van der Waals surface area contributed by atoms with Gasteiger partial charge in [-0.15, -0.1) is 0 Å². The third kappa shape index (κ3) is 4.39. The second-order valence-electron chi connectivity index (χ2n) is 5.58. The Labute approximate surface area is 156 Å². The summed E-state index contributed by atoms with van der Waals surface area (Å²) >= 11 is 12.3. The second-order valence-corrected chi connectivity index (χ2v) is 8.78. The number of aryl methyl sites for hydroxylation is 1. The predicted molar refractivity (Wildman–Crippen MR) is 101 cm³/mol. The molecule has 3 rings (SSSR count). The van der Waals surface area contributed by atoms with Crippen LogP contribution < -0.4 is 0 Å². The molecule has 0 fully saturated rings. The molecule has 0 saturated carbocycles. The summed E-state index contributed by atoms with van der Waals surface area (Å²) in [6.45, 7) is 1.73. The molecule has 0 amide bonds. The Hall–Kier alpha value is -1.89. The number of rotatable bonds is 4. The summed E-state index contributed by atoms with van der Waals surface area (Å²) < 4.78 is 22.2. The first-order valence-electron chi connectivity index (χ1n) is 7.37. The van der Waals surface area contributed by atoms with Crippen molar-refractivity contribution in [1.29, 1.82) is 0 Å². The van der Waals surface area contributed by atoms with Crippen LogP contribution in [0.1, 0.15) is 11.5 Å². The maximum atomic E-state index is 12.9. The van der Waals surface area contributed by atoms with Crippen LogP contribution >= 0.6 is 23.2 Å². The molecule has 0 aliphatic rings. The highest BCUT2D eigenvalue weighted by atomic mass is 35.5. The Kier molecular flexibility index (Phi) is 5.13. The lowest BCUT2D eigenvalue weighted by atomic mass is 10.2. The van der Waals surface area contributed by atoms with E-state index < -0.39 is 9.73 Å². The van der Waals surface area contributed by atoms with Gasteiger partial charge >= 0.3 is 0 Å². The Morgan fingerprint density at radius 3 is 2.32 bits per heavy atom. The summed E-state index contributed by atoms with van der Waals surface area (Å²) in [5.74, 6) is 1.18. The van der Waals surface area contributed by atoms with E-state index in [0.29, 0.717) is 33.0 Å². The first-order chi connectivity index (χ1) is 11.8. The van der Waals surface area contributed by atoms with Crippen LogP contribution in [0.2, 0.25) is 10.0 Å². The minimum Gasteiger partial charge on any atom is -0.339 e. The van der Waals surface area contributed by atoms with Crippen molar-refractivity contribution in [3.63, 3.8) is 0 Å². The number of nitrogens with zero attached hydrogens (tertiary/aromatic N) is 3. The number of hydrogen-bond donors (Lipinski definition) is 0. The molecule has 0 radical (unpaired) electrons. The van der Waals surface area contributed by atoms with Crippen molar-refractivity contribution >= 4 is 38.6 Å². The Balaban J connectivity index is 1.87. The third-order valence-electron chi connectivity index (χ3n) is 3.43. The third-order valence-corrected chi connectivity index (χ3v) is 5.55. The van der Waals surface area contributed by atoms with E-state index in [4.69, 9.17) is 27.7 Å². The van der Waals surface area contributed by atoms with Gasteiger partial charge < -0.3 is 4.52 Å². The van der Waals surface area contributed by atoms with Gasteiger partial charge in [0.25, 0.3) is 0 Å². The quantitative estimate of drug-likeness (QED) is 0.602. The van der Waals surface area contributed by atoms with E-state index in [2.05, 4.69) is 14.5 Å². The average Bonchev–Trinajstić information content (AvgIpc) is 2.98. The molecule has 5 nitrogen and oxygen atoms in total. The van der Waals surface area contributed by atoms with Crippen LogP contribution in [0.4, 0.5) is 5.69 Å². The topological polar surface area (TPSA) is 68.3 Å². The number of hydrogen-bond acceptors (Lipinski definition) is 5. The van der Waals surface area contributed by atoms with Gasteiger partial charge in [0, 0.05) is 34.4 Å². The highest BCUT2D eigenvalue weighted by Crippen LogP contribution is 2.28. The van der Waals surface area contributed by atoms with E-state index >= 15 is 0 Å². The highest BCUT2D eigenvalue weighted by Gasteiger charge is 2.12. The SMILES string of the molecule is Cc1nc(-c2ccc(N=S(C)(=O)Cc3c(Cl)cccc3Cl)cc2)no1. The van der Waals surface area contributed by atoms with Crippen molar-refractivity contribution in [3.8, 4) is 11.4 Å². The fourth-order valence-corrected chi connectivity index (χ4v) is 4.45. The standard InChI is InChI=1S/C17H15Cl2N3O2S/c1-11-20-17(21-24-11)12-6-8-13(9-7-12)22-25(2,23)10-14-15(18)4-3-5-16(14)19/h3-9H,10H2,1-2H3. The van der Waals surface area contributed by atoms with Crippen molar-refractivity contribution in [2.75, 3.05) is 6.26 Å². The first kappa shape index (κ1) is 17.9. The summed E-state index contributed by atoms with van der Waals surface area (Å²) in [7, 11) is -2.55. The van der Waals surface area contributed by atoms with Crippen LogP contribution in [0.15, 0.2) is 51.4 Å².